The molecule has 1 rings (SSSR count). The second-order valence-corrected chi connectivity index (χ2v) is 5.45. The molecule has 0 aromatic rings. The quantitative estimate of drug-likeness (QED) is 0.220. The fourth-order valence-corrected chi connectivity index (χ4v) is 2.45. The van der Waals surface area contributed by atoms with Gasteiger partial charge in [-0.15, -0.1) is 0 Å². The lowest BCUT2D eigenvalue weighted by Gasteiger charge is -2.22. The Balaban J connectivity index is 1.73. The number of nitrogens with zero attached hydrogens (tertiary/aromatic N) is 3. The summed E-state index contributed by atoms with van der Waals surface area (Å²) in [7, 11) is 0. The Bertz CT molecular complexity index is 262. The van der Waals surface area contributed by atoms with E-state index >= 15 is 0 Å². The SMILES string of the molecule is [N-]=[N+]=NCCCCCCCCCCOC1CCCCO1. The van der Waals surface area contributed by atoms with Crippen molar-refractivity contribution in [2.75, 3.05) is 19.8 Å². The maximum absolute atomic E-state index is 8.13. The van der Waals surface area contributed by atoms with Gasteiger partial charge < -0.3 is 9.47 Å². The van der Waals surface area contributed by atoms with Gasteiger partial charge in [0.15, 0.2) is 6.29 Å². The van der Waals surface area contributed by atoms with Crippen molar-refractivity contribution in [2.24, 2.45) is 5.11 Å². The molecule has 5 heteroatoms. The molecule has 1 saturated heterocycles. The van der Waals surface area contributed by atoms with Crippen molar-refractivity contribution in [2.45, 2.75) is 76.9 Å². The molecular weight excluding hydrogens is 254 g/mol. The van der Waals surface area contributed by atoms with E-state index in [1.807, 2.05) is 0 Å². The molecule has 1 heterocycles. The van der Waals surface area contributed by atoms with Crippen molar-refractivity contribution in [1.29, 1.82) is 0 Å². The van der Waals surface area contributed by atoms with E-state index in [2.05, 4.69) is 10.0 Å². The molecule has 0 saturated carbocycles. The number of ether oxygens (including phenoxy) is 2. The van der Waals surface area contributed by atoms with Gasteiger partial charge in [-0.2, -0.15) is 0 Å². The standard InChI is InChI=1S/C15H29N3O2/c16-18-17-12-8-5-3-1-2-4-6-9-13-19-15-11-7-10-14-20-15/h15H,1-14H2. The molecule has 0 N–H and O–H groups in total. The van der Waals surface area contributed by atoms with Crippen molar-refractivity contribution < 1.29 is 9.47 Å². The topological polar surface area (TPSA) is 67.2 Å². The summed E-state index contributed by atoms with van der Waals surface area (Å²) in [6, 6.07) is 0. The largest absolute Gasteiger partial charge is 0.353 e. The summed E-state index contributed by atoms with van der Waals surface area (Å²) in [4.78, 5) is 2.75. The van der Waals surface area contributed by atoms with Crippen molar-refractivity contribution in [3.05, 3.63) is 10.4 Å². The van der Waals surface area contributed by atoms with Gasteiger partial charge in [0, 0.05) is 24.7 Å². The number of hydrogen-bond donors (Lipinski definition) is 0. The maximum Gasteiger partial charge on any atom is 0.157 e. The average Bonchev–Trinajstić information content (AvgIpc) is 2.49. The normalized spacial score (nSPS) is 18.7. The predicted molar refractivity (Wildman–Crippen MR) is 80.5 cm³/mol. The van der Waals surface area contributed by atoms with Crippen LogP contribution < -0.4 is 0 Å². The third-order valence-corrected chi connectivity index (χ3v) is 3.66. The lowest BCUT2D eigenvalue weighted by Crippen LogP contribution is -2.22. The van der Waals surface area contributed by atoms with Crippen LogP contribution in [0.1, 0.15) is 70.6 Å². The van der Waals surface area contributed by atoms with E-state index in [0.29, 0.717) is 6.54 Å². The van der Waals surface area contributed by atoms with Crippen LogP contribution in [0.2, 0.25) is 0 Å². The molecule has 1 fully saturated rings. The Labute approximate surface area is 122 Å². The molecule has 1 aliphatic rings. The van der Waals surface area contributed by atoms with Crippen molar-refractivity contribution >= 4 is 0 Å². The summed E-state index contributed by atoms with van der Waals surface area (Å²) in [6.45, 7) is 2.36. The first-order valence-electron chi connectivity index (χ1n) is 8.17. The maximum atomic E-state index is 8.13. The van der Waals surface area contributed by atoms with E-state index in [1.54, 1.807) is 0 Å². The summed E-state index contributed by atoms with van der Waals surface area (Å²) >= 11 is 0. The Hall–Kier alpha value is -0.770. The van der Waals surface area contributed by atoms with E-state index in [9.17, 15) is 0 Å². The molecule has 20 heavy (non-hydrogen) atoms. The summed E-state index contributed by atoms with van der Waals surface area (Å²) in [5.41, 5.74) is 8.13. The third kappa shape index (κ3) is 10.1. The van der Waals surface area contributed by atoms with Crippen LogP contribution >= 0.6 is 0 Å². The van der Waals surface area contributed by atoms with Crippen LogP contribution in [0.3, 0.4) is 0 Å². The summed E-state index contributed by atoms with van der Waals surface area (Å²) in [5.74, 6) is 0. The molecule has 1 aliphatic heterocycles. The zero-order valence-corrected chi connectivity index (χ0v) is 12.6. The van der Waals surface area contributed by atoms with Crippen molar-refractivity contribution in [1.82, 2.24) is 0 Å². The van der Waals surface area contributed by atoms with E-state index in [4.69, 9.17) is 15.0 Å². The van der Waals surface area contributed by atoms with E-state index in [-0.39, 0.29) is 6.29 Å². The zero-order valence-electron chi connectivity index (χ0n) is 12.6. The summed E-state index contributed by atoms with van der Waals surface area (Å²) in [5, 5.41) is 3.53. The van der Waals surface area contributed by atoms with Gasteiger partial charge in [-0.25, -0.2) is 0 Å². The van der Waals surface area contributed by atoms with Crippen molar-refractivity contribution in [3.8, 4) is 0 Å². The molecule has 1 atom stereocenters. The molecular formula is C15H29N3O2. The second kappa shape index (κ2) is 13.2. The molecule has 116 valence electrons. The van der Waals surface area contributed by atoms with E-state index in [1.165, 1.54) is 51.4 Å². The molecule has 5 nitrogen and oxygen atoms in total. The minimum absolute atomic E-state index is 0.0693. The lowest BCUT2D eigenvalue weighted by molar-refractivity contribution is -0.162. The van der Waals surface area contributed by atoms with Crippen LogP contribution in [-0.2, 0) is 9.47 Å². The highest BCUT2D eigenvalue weighted by molar-refractivity contribution is 4.54. The Morgan fingerprint density at radius 3 is 2.35 bits per heavy atom. The van der Waals surface area contributed by atoms with Gasteiger partial charge in [-0.1, -0.05) is 43.6 Å². The van der Waals surface area contributed by atoms with Gasteiger partial charge in [0.05, 0.1) is 0 Å². The van der Waals surface area contributed by atoms with Gasteiger partial charge in [-0.3, -0.25) is 0 Å². The number of azide groups is 1. The van der Waals surface area contributed by atoms with Crippen molar-refractivity contribution in [3.63, 3.8) is 0 Å². The first-order chi connectivity index (χ1) is 9.93. The fraction of sp³-hybridized carbons (Fsp3) is 1.00. The molecule has 0 spiro atoms. The number of unbranched alkanes of at least 4 members (excludes halogenated alkanes) is 7. The molecule has 0 aromatic heterocycles. The van der Waals surface area contributed by atoms with Crippen LogP contribution in [0.4, 0.5) is 0 Å². The number of hydrogen-bond acceptors (Lipinski definition) is 3. The fourth-order valence-electron chi connectivity index (χ4n) is 2.45. The first kappa shape index (κ1) is 17.3. The van der Waals surface area contributed by atoms with E-state index < -0.39 is 0 Å². The minimum atomic E-state index is 0.0693. The monoisotopic (exact) mass is 283 g/mol. The minimum Gasteiger partial charge on any atom is -0.353 e. The predicted octanol–water partition coefficient (Wildman–Crippen LogP) is 4.96. The molecule has 0 aromatic carbocycles. The van der Waals surface area contributed by atoms with Gasteiger partial charge in [0.1, 0.15) is 0 Å². The molecule has 0 radical (unpaired) electrons. The van der Waals surface area contributed by atoms with Crippen LogP contribution in [0.5, 0.6) is 0 Å². The van der Waals surface area contributed by atoms with Gasteiger partial charge in [-0.05, 0) is 37.6 Å². The van der Waals surface area contributed by atoms with Crippen LogP contribution in [-0.4, -0.2) is 26.0 Å². The highest BCUT2D eigenvalue weighted by Crippen LogP contribution is 2.14. The second-order valence-electron chi connectivity index (χ2n) is 5.45. The van der Waals surface area contributed by atoms with Crippen LogP contribution in [0, 0.1) is 0 Å². The molecule has 0 amide bonds. The van der Waals surface area contributed by atoms with Gasteiger partial charge >= 0.3 is 0 Å². The Morgan fingerprint density at radius 1 is 1.00 bits per heavy atom. The molecule has 0 bridgehead atoms. The summed E-state index contributed by atoms with van der Waals surface area (Å²) < 4.78 is 11.2. The molecule has 1 unspecified atom stereocenters. The van der Waals surface area contributed by atoms with Crippen LogP contribution in [0.15, 0.2) is 5.11 Å². The van der Waals surface area contributed by atoms with Gasteiger partial charge in [0.2, 0.25) is 0 Å². The molecule has 0 aliphatic carbocycles. The van der Waals surface area contributed by atoms with E-state index in [0.717, 1.165) is 32.5 Å². The lowest BCUT2D eigenvalue weighted by atomic mass is 10.1. The Kier molecular flexibility index (Phi) is 11.4. The summed E-state index contributed by atoms with van der Waals surface area (Å²) in [6.07, 6.45) is 13.3. The highest BCUT2D eigenvalue weighted by Gasteiger charge is 2.13. The van der Waals surface area contributed by atoms with Gasteiger partial charge in [0.25, 0.3) is 0 Å². The Morgan fingerprint density at radius 2 is 1.70 bits per heavy atom. The van der Waals surface area contributed by atoms with Crippen LogP contribution in [0.25, 0.3) is 10.4 Å². The average molecular weight is 283 g/mol. The number of rotatable bonds is 12. The smallest absolute Gasteiger partial charge is 0.157 e. The zero-order chi connectivity index (χ0) is 14.3. The third-order valence-electron chi connectivity index (χ3n) is 3.66. The highest BCUT2D eigenvalue weighted by atomic mass is 16.7. The first-order valence-corrected chi connectivity index (χ1v) is 8.17.